The van der Waals surface area contributed by atoms with Crippen LogP contribution in [0.25, 0.3) is 11.1 Å². The third kappa shape index (κ3) is 14.9. The van der Waals surface area contributed by atoms with Crippen molar-refractivity contribution in [3.8, 4) is 28.4 Å². The maximum absolute atomic E-state index is 15.1. The van der Waals surface area contributed by atoms with Gasteiger partial charge in [0.1, 0.15) is 29.9 Å². The van der Waals surface area contributed by atoms with Gasteiger partial charge in [-0.2, -0.15) is 0 Å². The van der Waals surface area contributed by atoms with Crippen LogP contribution >= 0.6 is 0 Å². The van der Waals surface area contributed by atoms with Crippen molar-refractivity contribution in [2.75, 3.05) is 46.2 Å². The van der Waals surface area contributed by atoms with Crippen LogP contribution in [0.2, 0.25) is 0 Å². The Labute approximate surface area is 435 Å². The highest BCUT2D eigenvalue weighted by atomic mass is 16.7. The zero-order valence-corrected chi connectivity index (χ0v) is 43.4. The summed E-state index contributed by atoms with van der Waals surface area (Å²) in [6.07, 6.45) is 19.6. The van der Waals surface area contributed by atoms with E-state index < -0.39 is 17.7 Å². The molecule has 0 bridgehead atoms. The summed E-state index contributed by atoms with van der Waals surface area (Å²) in [6.45, 7) is 7.48. The lowest BCUT2D eigenvalue weighted by atomic mass is 9.55. The number of hydrogen-bond acceptors (Lipinski definition) is 10. The molecule has 1 aliphatic heterocycles. The van der Waals surface area contributed by atoms with E-state index in [1.165, 1.54) is 38.5 Å². The first-order valence-electron chi connectivity index (χ1n) is 27.5. The lowest BCUT2D eigenvalue weighted by Crippen LogP contribution is -2.70. The molecule has 4 aromatic carbocycles. The maximum Gasteiger partial charge on any atom is 0.239 e. The molecule has 7 rings (SSSR count). The van der Waals surface area contributed by atoms with Crippen molar-refractivity contribution >= 4 is 11.6 Å². The van der Waals surface area contributed by atoms with Crippen molar-refractivity contribution < 1.29 is 43.9 Å². The number of amides is 1. The Kier molecular flexibility index (Phi) is 22.4. The summed E-state index contributed by atoms with van der Waals surface area (Å²) in [5.41, 5.74) is 5.91. The maximum atomic E-state index is 15.1. The average molecular weight is 999 g/mol. The van der Waals surface area contributed by atoms with Gasteiger partial charge in [0.2, 0.25) is 11.7 Å². The second-order valence-electron chi connectivity index (χ2n) is 20.0. The number of ether oxygens (including phenoxy) is 4. The number of fused-ring (bicyclic) bond motifs is 2. The van der Waals surface area contributed by atoms with Gasteiger partial charge in [0.15, 0.2) is 0 Å². The Balaban J connectivity index is 1.33. The molecule has 11 heteroatoms. The zero-order chi connectivity index (χ0) is 51.1. The summed E-state index contributed by atoms with van der Waals surface area (Å²) in [5.74, 6) is 0.0790. The van der Waals surface area contributed by atoms with Gasteiger partial charge in [-0.25, -0.2) is 0 Å². The van der Waals surface area contributed by atoms with Gasteiger partial charge < -0.3 is 44.0 Å². The number of aliphatic hydroxyl groups excluding tert-OH is 3. The van der Waals surface area contributed by atoms with Crippen molar-refractivity contribution in [2.24, 2.45) is 22.9 Å². The van der Waals surface area contributed by atoms with E-state index in [9.17, 15) is 15.3 Å². The van der Waals surface area contributed by atoms with Crippen LogP contribution in [0.15, 0.2) is 133 Å². The Bertz CT molecular complexity index is 2320. The van der Waals surface area contributed by atoms with E-state index in [2.05, 4.69) is 49.9 Å². The van der Waals surface area contributed by atoms with Gasteiger partial charge in [-0.05, 0) is 96.5 Å². The molecule has 73 heavy (non-hydrogen) atoms. The first-order chi connectivity index (χ1) is 35.9. The van der Waals surface area contributed by atoms with Gasteiger partial charge in [-0.15, -0.1) is 6.58 Å². The van der Waals surface area contributed by atoms with E-state index in [1.807, 2.05) is 77.7 Å². The number of aliphatic hydroxyl groups is 3. The van der Waals surface area contributed by atoms with E-state index in [0.717, 1.165) is 78.5 Å². The van der Waals surface area contributed by atoms with Crippen LogP contribution in [-0.4, -0.2) is 89.9 Å². The molecule has 2 aliphatic carbocycles. The van der Waals surface area contributed by atoms with Gasteiger partial charge in [-0.3, -0.25) is 4.79 Å². The average Bonchev–Trinajstić information content (AvgIpc) is 3.42. The predicted molar refractivity (Wildman–Crippen MR) is 290 cm³/mol. The molecule has 1 amide bonds. The Morgan fingerprint density at radius 3 is 2.14 bits per heavy atom. The van der Waals surface area contributed by atoms with Crippen molar-refractivity contribution in [1.29, 1.82) is 0 Å². The van der Waals surface area contributed by atoms with E-state index in [-0.39, 0.29) is 76.5 Å². The number of unbranched alkanes of at least 4 members (excludes halogenated alkanes) is 10. The lowest BCUT2D eigenvalue weighted by Gasteiger charge is -2.60. The fourth-order valence-electron chi connectivity index (χ4n) is 11.5. The number of oxime groups is 1. The molecule has 1 fully saturated rings. The Morgan fingerprint density at radius 1 is 0.767 bits per heavy atom. The summed E-state index contributed by atoms with van der Waals surface area (Å²) in [7, 11) is 0. The molecule has 0 unspecified atom stereocenters. The van der Waals surface area contributed by atoms with Gasteiger partial charge in [0, 0.05) is 44.1 Å². The number of nitrogens with zero attached hydrogens (tertiary/aromatic N) is 2. The highest BCUT2D eigenvalue weighted by Gasteiger charge is 2.65. The first-order valence-corrected chi connectivity index (χ1v) is 27.5. The zero-order valence-electron chi connectivity index (χ0n) is 43.4. The van der Waals surface area contributed by atoms with Gasteiger partial charge in [0.05, 0.1) is 38.1 Å². The van der Waals surface area contributed by atoms with Crippen molar-refractivity contribution in [2.45, 2.75) is 140 Å². The van der Waals surface area contributed by atoms with E-state index >= 15 is 4.79 Å². The summed E-state index contributed by atoms with van der Waals surface area (Å²) in [4.78, 5) is 23.3. The number of rotatable bonds is 33. The van der Waals surface area contributed by atoms with Crippen molar-refractivity contribution in [1.82, 2.24) is 4.90 Å². The highest BCUT2D eigenvalue weighted by Crippen LogP contribution is 2.62. The van der Waals surface area contributed by atoms with Crippen molar-refractivity contribution in [3.63, 3.8) is 0 Å². The normalized spacial score (nSPS) is 21.4. The molecule has 6 atom stereocenters. The molecule has 3 N–H and O–H groups in total. The SMILES string of the molecule is C=CCO[C@@]12Oc3ccc(Oc4ccc(-c5ccccc5)cc4)cc3[C@H]3[C@H](CCCCO)[C@@H](CCCCO)C=C(C(=NOCc4ccccc4)C[C@@H]1N(CCOCCO)C(=O)CCCCCCCCCCC)[C@H]32. The van der Waals surface area contributed by atoms with Crippen LogP contribution in [0.4, 0.5) is 0 Å². The molecule has 1 saturated carbocycles. The van der Waals surface area contributed by atoms with Crippen LogP contribution in [0.3, 0.4) is 0 Å². The van der Waals surface area contributed by atoms with E-state index in [0.29, 0.717) is 42.9 Å². The fraction of sp³-hybridized carbons (Fsp3) is 0.516. The predicted octanol–water partition coefficient (Wildman–Crippen LogP) is 12.7. The fourth-order valence-corrected chi connectivity index (χ4v) is 11.5. The quantitative estimate of drug-likeness (QED) is 0.0242. The minimum atomic E-state index is -1.40. The van der Waals surface area contributed by atoms with Gasteiger partial charge >= 0.3 is 0 Å². The molecule has 0 aromatic heterocycles. The van der Waals surface area contributed by atoms with E-state index in [1.54, 1.807) is 6.08 Å². The molecule has 4 aromatic rings. The standard InChI is InChI=1S/C62H82N2O9/c1-3-5-6-7-8-9-10-11-18-29-59(68)64(36-41-69-42-39-67)58-45-56(63-71-46-47-23-14-12-15-24-47)54-43-50(27-19-21-37-65)53(28-20-22-38-66)60-55-44-52(34-35-57(55)73-62(58,61(54)60)70-40-4-2)72-51-32-30-49(31-33-51)48-25-16-13-17-26-48/h4,12-17,23-26,30-35,43-44,50,53,58,60-61,65-67H,2-3,5-11,18-22,27-29,36-42,45-46H2,1H3/t50-,53+,58-,60+,61+,62+/m0/s1. The monoisotopic (exact) mass is 999 g/mol. The van der Waals surface area contributed by atoms with Crippen LogP contribution in [0.5, 0.6) is 17.2 Å². The van der Waals surface area contributed by atoms with Crippen molar-refractivity contribution in [3.05, 3.63) is 139 Å². The highest BCUT2D eigenvalue weighted by molar-refractivity contribution is 6.03. The molecular formula is C62H82N2O9. The Hall–Kier alpha value is -5.30. The summed E-state index contributed by atoms with van der Waals surface area (Å²) < 4.78 is 27.4. The van der Waals surface area contributed by atoms with Crippen LogP contribution in [0, 0.1) is 17.8 Å². The molecule has 0 spiro atoms. The third-order valence-corrected chi connectivity index (χ3v) is 15.0. The van der Waals surface area contributed by atoms with Crippen LogP contribution in [0.1, 0.15) is 133 Å². The smallest absolute Gasteiger partial charge is 0.239 e. The number of carbonyl (C=O) groups excluding carboxylic acids is 1. The second-order valence-corrected chi connectivity index (χ2v) is 20.0. The topological polar surface area (TPSA) is 140 Å². The number of carbonyl (C=O) groups is 1. The largest absolute Gasteiger partial charge is 0.459 e. The molecular weight excluding hydrogens is 917 g/mol. The summed E-state index contributed by atoms with van der Waals surface area (Å²) in [6, 6.07) is 33.8. The molecule has 394 valence electrons. The summed E-state index contributed by atoms with van der Waals surface area (Å²) >= 11 is 0. The van der Waals surface area contributed by atoms with Gasteiger partial charge in [-0.1, -0.05) is 161 Å². The molecule has 0 radical (unpaired) electrons. The number of benzene rings is 4. The van der Waals surface area contributed by atoms with E-state index in [4.69, 9.17) is 28.9 Å². The van der Waals surface area contributed by atoms with Crippen LogP contribution in [-0.2, 0) is 25.7 Å². The van der Waals surface area contributed by atoms with Gasteiger partial charge in [0.25, 0.3) is 0 Å². The third-order valence-electron chi connectivity index (χ3n) is 15.0. The second kappa shape index (κ2) is 29.6. The molecule has 1 heterocycles. The molecule has 0 saturated heterocycles. The first kappa shape index (κ1) is 55.5. The molecule has 11 nitrogen and oxygen atoms in total. The summed E-state index contributed by atoms with van der Waals surface area (Å²) in [5, 5.41) is 34.9. The minimum absolute atomic E-state index is 0.00994. The molecule has 3 aliphatic rings. The van der Waals surface area contributed by atoms with Crippen LogP contribution < -0.4 is 9.47 Å². The minimum Gasteiger partial charge on any atom is -0.459 e. The number of hydrogen-bond donors (Lipinski definition) is 3. The lowest BCUT2D eigenvalue weighted by molar-refractivity contribution is -0.258. The number of allylic oxidation sites excluding steroid dienone is 1. The Morgan fingerprint density at radius 2 is 1.44 bits per heavy atom.